The van der Waals surface area contributed by atoms with E-state index in [-0.39, 0.29) is 11.8 Å². The number of sulfonamides is 1. The Kier molecular flexibility index (Phi) is 5.10. The second kappa shape index (κ2) is 7.11. The molecule has 2 aliphatic rings. The van der Waals surface area contributed by atoms with Gasteiger partial charge in [0, 0.05) is 26.2 Å². The van der Waals surface area contributed by atoms with Crippen LogP contribution in [0.2, 0.25) is 0 Å². The number of piperidine rings is 1. The first kappa shape index (κ1) is 17.2. The summed E-state index contributed by atoms with van der Waals surface area (Å²) in [6.45, 7) is 2.47. The molecule has 1 amide bonds. The molecule has 2 N–H and O–H groups in total. The molecule has 0 aromatic heterocycles. The molecular formula is C17H25N3O3S. The van der Waals surface area contributed by atoms with Crippen molar-refractivity contribution in [1.29, 1.82) is 0 Å². The van der Waals surface area contributed by atoms with E-state index in [0.717, 1.165) is 37.9 Å². The predicted octanol–water partition coefficient (Wildman–Crippen LogP) is 1.45. The van der Waals surface area contributed by atoms with E-state index in [0.29, 0.717) is 25.2 Å². The Hall–Kier alpha value is -1.60. The van der Waals surface area contributed by atoms with Crippen molar-refractivity contribution >= 4 is 21.6 Å². The summed E-state index contributed by atoms with van der Waals surface area (Å²) in [5.74, 6) is 0.0858. The van der Waals surface area contributed by atoms with Crippen molar-refractivity contribution in [3.63, 3.8) is 0 Å². The average Bonchev–Trinajstić information content (AvgIpc) is 2.58. The van der Waals surface area contributed by atoms with E-state index >= 15 is 0 Å². The number of nitrogens with zero attached hydrogens (tertiary/aromatic N) is 1. The first-order valence-electron chi connectivity index (χ1n) is 8.54. The summed E-state index contributed by atoms with van der Waals surface area (Å²) in [7, 11) is -3.15. The molecule has 1 atom stereocenters. The Labute approximate surface area is 143 Å². The molecule has 1 aromatic carbocycles. The molecule has 0 bridgehead atoms. The molecule has 7 heteroatoms. The number of anilines is 1. The third kappa shape index (κ3) is 3.89. The topological polar surface area (TPSA) is 78.5 Å². The Morgan fingerprint density at radius 2 is 2.21 bits per heavy atom. The van der Waals surface area contributed by atoms with Gasteiger partial charge in [-0.3, -0.25) is 4.79 Å². The lowest BCUT2D eigenvalue weighted by Crippen LogP contribution is -2.43. The first-order chi connectivity index (χ1) is 11.4. The summed E-state index contributed by atoms with van der Waals surface area (Å²) < 4.78 is 24.9. The van der Waals surface area contributed by atoms with Crippen molar-refractivity contribution in [2.24, 2.45) is 5.92 Å². The van der Waals surface area contributed by atoms with Crippen LogP contribution in [0.4, 0.5) is 5.69 Å². The fourth-order valence-corrected chi connectivity index (χ4v) is 4.47. The van der Waals surface area contributed by atoms with Crippen molar-refractivity contribution in [2.75, 3.05) is 37.8 Å². The number of benzene rings is 1. The van der Waals surface area contributed by atoms with Crippen LogP contribution >= 0.6 is 0 Å². The molecule has 1 saturated heterocycles. The quantitative estimate of drug-likeness (QED) is 0.860. The van der Waals surface area contributed by atoms with E-state index in [1.54, 1.807) is 0 Å². The zero-order chi connectivity index (χ0) is 17.2. The Bertz CT molecular complexity index is 718. The molecule has 0 saturated carbocycles. The molecule has 1 aromatic rings. The van der Waals surface area contributed by atoms with Crippen LogP contribution in [-0.2, 0) is 16.4 Å². The van der Waals surface area contributed by atoms with Crippen molar-refractivity contribution in [3.05, 3.63) is 29.3 Å². The summed E-state index contributed by atoms with van der Waals surface area (Å²) >= 11 is 0. The zero-order valence-electron chi connectivity index (χ0n) is 14.0. The lowest BCUT2D eigenvalue weighted by atomic mass is 9.98. The lowest BCUT2D eigenvalue weighted by Gasteiger charge is -2.31. The third-order valence-electron chi connectivity index (χ3n) is 4.82. The predicted molar refractivity (Wildman–Crippen MR) is 94.7 cm³/mol. The van der Waals surface area contributed by atoms with Gasteiger partial charge in [-0.2, -0.15) is 0 Å². The lowest BCUT2D eigenvalue weighted by molar-refractivity contribution is 0.0942. The van der Waals surface area contributed by atoms with Crippen LogP contribution in [-0.4, -0.2) is 51.1 Å². The van der Waals surface area contributed by atoms with Crippen LogP contribution < -0.4 is 10.6 Å². The SMILES string of the molecule is CS(=O)(=O)N1CCCC(CNC(=O)c2cccc3c2NCCC3)C1. The Morgan fingerprint density at radius 3 is 3.00 bits per heavy atom. The minimum absolute atomic E-state index is 0.0854. The molecule has 3 rings (SSSR count). The number of carbonyl (C=O) groups excluding carboxylic acids is 1. The molecule has 0 aliphatic carbocycles. The monoisotopic (exact) mass is 351 g/mol. The van der Waals surface area contributed by atoms with Crippen LogP contribution in [0.5, 0.6) is 0 Å². The van der Waals surface area contributed by atoms with Crippen LogP contribution in [0, 0.1) is 5.92 Å². The van der Waals surface area contributed by atoms with Crippen molar-refractivity contribution in [3.8, 4) is 0 Å². The van der Waals surface area contributed by atoms with Crippen LogP contribution in [0.25, 0.3) is 0 Å². The molecule has 24 heavy (non-hydrogen) atoms. The normalized spacial score (nSPS) is 21.6. The third-order valence-corrected chi connectivity index (χ3v) is 6.09. The molecule has 0 radical (unpaired) electrons. The smallest absolute Gasteiger partial charge is 0.253 e. The van der Waals surface area contributed by atoms with Crippen molar-refractivity contribution in [1.82, 2.24) is 9.62 Å². The van der Waals surface area contributed by atoms with Crippen LogP contribution in [0.3, 0.4) is 0 Å². The minimum atomic E-state index is -3.15. The van der Waals surface area contributed by atoms with Crippen LogP contribution in [0.15, 0.2) is 18.2 Å². The van der Waals surface area contributed by atoms with Gasteiger partial charge in [0.15, 0.2) is 0 Å². The van der Waals surface area contributed by atoms with Gasteiger partial charge in [0.05, 0.1) is 17.5 Å². The second-order valence-corrected chi connectivity index (χ2v) is 8.69. The van der Waals surface area contributed by atoms with Crippen molar-refractivity contribution < 1.29 is 13.2 Å². The number of hydrogen-bond donors (Lipinski definition) is 2. The minimum Gasteiger partial charge on any atom is -0.384 e. The van der Waals surface area contributed by atoms with Gasteiger partial charge in [-0.05, 0) is 43.2 Å². The van der Waals surface area contributed by atoms with Gasteiger partial charge in [0.25, 0.3) is 5.91 Å². The van der Waals surface area contributed by atoms with Gasteiger partial charge in [-0.25, -0.2) is 12.7 Å². The summed E-state index contributed by atoms with van der Waals surface area (Å²) in [5, 5.41) is 6.32. The fraction of sp³-hybridized carbons (Fsp3) is 0.588. The van der Waals surface area contributed by atoms with Gasteiger partial charge in [-0.1, -0.05) is 12.1 Å². The maximum Gasteiger partial charge on any atom is 0.253 e. The van der Waals surface area contributed by atoms with E-state index < -0.39 is 10.0 Å². The second-order valence-electron chi connectivity index (χ2n) is 6.71. The van der Waals surface area contributed by atoms with E-state index in [1.807, 2.05) is 12.1 Å². The fourth-order valence-electron chi connectivity index (χ4n) is 3.53. The summed E-state index contributed by atoms with van der Waals surface area (Å²) in [5.41, 5.74) is 2.82. The van der Waals surface area contributed by atoms with Gasteiger partial charge < -0.3 is 10.6 Å². The van der Waals surface area contributed by atoms with E-state index in [4.69, 9.17) is 0 Å². The highest BCUT2D eigenvalue weighted by atomic mass is 32.2. The molecule has 2 heterocycles. The molecule has 1 fully saturated rings. The van der Waals surface area contributed by atoms with E-state index in [1.165, 1.54) is 16.1 Å². The standard InChI is InChI=1S/C17H25N3O3S/c1-24(22,23)20-10-4-5-13(12-20)11-19-17(21)15-8-2-6-14-7-3-9-18-16(14)15/h2,6,8,13,18H,3-5,7,9-12H2,1H3,(H,19,21). The zero-order valence-corrected chi connectivity index (χ0v) is 14.9. The first-order valence-corrected chi connectivity index (χ1v) is 10.4. The van der Waals surface area contributed by atoms with Gasteiger partial charge in [0.1, 0.15) is 0 Å². The number of rotatable bonds is 4. The molecular weight excluding hydrogens is 326 g/mol. The molecule has 132 valence electrons. The van der Waals surface area contributed by atoms with Gasteiger partial charge in [0.2, 0.25) is 10.0 Å². The van der Waals surface area contributed by atoms with Crippen LogP contribution in [0.1, 0.15) is 35.2 Å². The number of aryl methyl sites for hydroxylation is 1. The number of nitrogens with one attached hydrogen (secondary N) is 2. The summed E-state index contributed by atoms with van der Waals surface area (Å²) in [4.78, 5) is 12.6. The van der Waals surface area contributed by atoms with Gasteiger partial charge >= 0.3 is 0 Å². The highest BCUT2D eigenvalue weighted by molar-refractivity contribution is 7.88. The highest BCUT2D eigenvalue weighted by Crippen LogP contribution is 2.26. The number of para-hydroxylation sites is 1. The molecule has 2 aliphatic heterocycles. The average molecular weight is 351 g/mol. The largest absolute Gasteiger partial charge is 0.384 e. The molecule has 1 unspecified atom stereocenters. The van der Waals surface area contributed by atoms with Gasteiger partial charge in [-0.15, -0.1) is 0 Å². The number of fused-ring (bicyclic) bond motifs is 1. The summed E-state index contributed by atoms with van der Waals surface area (Å²) in [6.07, 6.45) is 5.11. The Balaban J connectivity index is 1.62. The van der Waals surface area contributed by atoms with Crippen molar-refractivity contribution in [2.45, 2.75) is 25.7 Å². The number of amides is 1. The van der Waals surface area contributed by atoms with E-state index in [2.05, 4.69) is 16.7 Å². The molecule has 6 nitrogen and oxygen atoms in total. The maximum atomic E-state index is 12.6. The van der Waals surface area contributed by atoms with E-state index in [9.17, 15) is 13.2 Å². The molecule has 0 spiro atoms. The Morgan fingerprint density at radius 1 is 1.38 bits per heavy atom. The highest BCUT2D eigenvalue weighted by Gasteiger charge is 2.26. The summed E-state index contributed by atoms with van der Waals surface area (Å²) in [6, 6.07) is 5.83. The number of carbonyl (C=O) groups is 1. The maximum absolute atomic E-state index is 12.6. The number of hydrogen-bond acceptors (Lipinski definition) is 4.